The lowest BCUT2D eigenvalue weighted by atomic mass is 9.87. The summed E-state index contributed by atoms with van der Waals surface area (Å²) in [6.45, 7) is 4.22. The Balaban J connectivity index is 1.53. The molecule has 0 atom stereocenters. The van der Waals surface area contributed by atoms with Crippen molar-refractivity contribution in [2.75, 3.05) is 27.4 Å². The molecule has 0 aliphatic heterocycles. The molecule has 6 nitrogen and oxygen atoms in total. The molecule has 2 heterocycles. The third-order valence-electron chi connectivity index (χ3n) is 7.01. The van der Waals surface area contributed by atoms with Crippen LogP contribution < -0.4 is 10.1 Å². The molecule has 0 bridgehead atoms. The number of thiazole rings is 1. The minimum Gasteiger partial charge on any atom is -0.497 e. The average molecular weight is 496 g/mol. The van der Waals surface area contributed by atoms with E-state index in [0.29, 0.717) is 6.61 Å². The van der Waals surface area contributed by atoms with Crippen LogP contribution in [0.1, 0.15) is 61.0 Å². The molecular formula is C28H37N3O3S. The third kappa shape index (κ3) is 6.33. The van der Waals surface area contributed by atoms with Crippen molar-refractivity contribution in [2.45, 2.75) is 58.4 Å². The number of amides is 1. The highest BCUT2D eigenvalue weighted by atomic mass is 32.1. The average Bonchev–Trinajstić information content (AvgIpc) is 3.50. The van der Waals surface area contributed by atoms with Gasteiger partial charge in [0.15, 0.2) is 0 Å². The topological polar surface area (TPSA) is 65.4 Å². The summed E-state index contributed by atoms with van der Waals surface area (Å²) in [6.07, 6.45) is 8.57. The molecule has 0 unspecified atom stereocenters. The number of aromatic nitrogens is 2. The number of hydrogen-bond donors (Lipinski definition) is 1. The van der Waals surface area contributed by atoms with Crippen molar-refractivity contribution in [3.63, 3.8) is 0 Å². The van der Waals surface area contributed by atoms with Crippen molar-refractivity contribution >= 4 is 17.2 Å². The first kappa shape index (κ1) is 25.5. The Morgan fingerprint density at radius 1 is 1.17 bits per heavy atom. The molecule has 35 heavy (non-hydrogen) atoms. The predicted molar refractivity (Wildman–Crippen MR) is 142 cm³/mol. The summed E-state index contributed by atoms with van der Waals surface area (Å²) in [5, 5.41) is 6.20. The summed E-state index contributed by atoms with van der Waals surface area (Å²) in [5.41, 5.74) is 4.64. The zero-order chi connectivity index (χ0) is 24.6. The number of ether oxygens (including phenoxy) is 2. The lowest BCUT2D eigenvalue weighted by Crippen LogP contribution is -2.26. The maximum Gasteiger partial charge on any atom is 0.253 e. The Bertz CT molecular complexity index is 1100. The number of carbonyl (C=O) groups excluding carboxylic acids is 1. The molecule has 1 aromatic carbocycles. The van der Waals surface area contributed by atoms with Crippen molar-refractivity contribution < 1.29 is 14.3 Å². The summed E-state index contributed by atoms with van der Waals surface area (Å²) < 4.78 is 12.8. The molecule has 2 aromatic heterocycles. The number of carbonyl (C=O) groups is 1. The van der Waals surface area contributed by atoms with Gasteiger partial charge in [-0.3, -0.25) is 4.79 Å². The van der Waals surface area contributed by atoms with Crippen molar-refractivity contribution in [2.24, 2.45) is 5.92 Å². The SMILES string of the molecule is COCCCn1c(-c2csc(-c3ccc(OC)cc3)n2)cc(C(=O)NCCC2CCCCC2)c1C. The number of nitrogens with one attached hydrogen (secondary N) is 1. The van der Waals surface area contributed by atoms with Gasteiger partial charge in [0.1, 0.15) is 10.8 Å². The molecule has 1 aliphatic carbocycles. The van der Waals surface area contributed by atoms with Crippen molar-refractivity contribution in [1.29, 1.82) is 0 Å². The monoisotopic (exact) mass is 495 g/mol. The smallest absolute Gasteiger partial charge is 0.253 e. The van der Waals surface area contributed by atoms with Gasteiger partial charge < -0.3 is 19.4 Å². The molecule has 0 radical (unpaired) electrons. The van der Waals surface area contributed by atoms with Crippen molar-refractivity contribution in [1.82, 2.24) is 14.9 Å². The van der Waals surface area contributed by atoms with Gasteiger partial charge in [-0.05, 0) is 56.0 Å². The van der Waals surface area contributed by atoms with Crippen LogP contribution in [0.2, 0.25) is 0 Å². The molecule has 1 aliphatic rings. The lowest BCUT2D eigenvalue weighted by molar-refractivity contribution is 0.0949. The van der Waals surface area contributed by atoms with E-state index in [4.69, 9.17) is 14.5 Å². The standard InChI is InChI=1S/C28H37N3O3S/c1-20-24(27(32)29-15-14-21-8-5-4-6-9-21)18-26(31(20)16-7-17-33-2)25-19-35-28(30-25)22-10-12-23(34-3)13-11-22/h10-13,18-19,21H,4-9,14-17H2,1-3H3,(H,29,32). The van der Waals surface area contributed by atoms with E-state index in [1.54, 1.807) is 25.6 Å². The van der Waals surface area contributed by atoms with E-state index in [0.717, 1.165) is 70.8 Å². The summed E-state index contributed by atoms with van der Waals surface area (Å²) in [4.78, 5) is 18.1. The molecule has 0 spiro atoms. The first-order valence-electron chi connectivity index (χ1n) is 12.7. The number of benzene rings is 1. The van der Waals surface area contributed by atoms with Gasteiger partial charge in [-0.1, -0.05) is 32.1 Å². The Kier molecular flexibility index (Phi) is 8.99. The fraction of sp³-hybridized carbons (Fsp3) is 0.500. The highest BCUT2D eigenvalue weighted by molar-refractivity contribution is 7.13. The van der Waals surface area contributed by atoms with Crippen molar-refractivity contribution in [3.8, 4) is 27.7 Å². The van der Waals surface area contributed by atoms with E-state index >= 15 is 0 Å². The van der Waals surface area contributed by atoms with E-state index in [1.807, 2.05) is 37.3 Å². The molecule has 1 saturated carbocycles. The van der Waals surface area contributed by atoms with Crippen LogP contribution in [0.3, 0.4) is 0 Å². The van der Waals surface area contributed by atoms with E-state index < -0.39 is 0 Å². The maximum absolute atomic E-state index is 13.1. The van der Waals surface area contributed by atoms with Crippen LogP contribution in [-0.4, -0.2) is 42.8 Å². The molecular weight excluding hydrogens is 458 g/mol. The highest BCUT2D eigenvalue weighted by Gasteiger charge is 2.21. The third-order valence-corrected chi connectivity index (χ3v) is 7.90. The van der Waals surface area contributed by atoms with Crippen LogP contribution in [0.4, 0.5) is 0 Å². The normalized spacial score (nSPS) is 14.3. The minimum atomic E-state index is 0.00987. The van der Waals surface area contributed by atoms with Crippen LogP contribution in [0.5, 0.6) is 5.75 Å². The van der Waals surface area contributed by atoms with Gasteiger partial charge in [-0.2, -0.15) is 0 Å². The Hall–Kier alpha value is -2.64. The summed E-state index contributed by atoms with van der Waals surface area (Å²) in [5.74, 6) is 1.59. The van der Waals surface area contributed by atoms with Crippen LogP contribution >= 0.6 is 11.3 Å². The predicted octanol–water partition coefficient (Wildman–Crippen LogP) is 6.33. The van der Waals surface area contributed by atoms with Gasteiger partial charge in [-0.25, -0.2) is 4.98 Å². The number of methoxy groups -OCH3 is 2. The van der Waals surface area contributed by atoms with Gasteiger partial charge in [0.2, 0.25) is 0 Å². The molecule has 4 rings (SSSR count). The Labute approximate surface area is 212 Å². The highest BCUT2D eigenvalue weighted by Crippen LogP contribution is 2.32. The van der Waals surface area contributed by atoms with Crippen molar-refractivity contribution in [3.05, 3.63) is 47.0 Å². The zero-order valence-electron chi connectivity index (χ0n) is 21.1. The molecule has 1 N–H and O–H groups in total. The first-order valence-corrected chi connectivity index (χ1v) is 13.6. The van der Waals surface area contributed by atoms with Crippen LogP contribution in [0.25, 0.3) is 22.0 Å². The summed E-state index contributed by atoms with van der Waals surface area (Å²) in [7, 11) is 3.39. The van der Waals surface area contributed by atoms with Crippen LogP contribution in [0.15, 0.2) is 35.7 Å². The first-order chi connectivity index (χ1) is 17.1. The molecule has 188 valence electrons. The van der Waals surface area contributed by atoms with Gasteiger partial charge in [0, 0.05) is 43.4 Å². The molecule has 7 heteroatoms. The van der Waals surface area contributed by atoms with Crippen LogP contribution in [-0.2, 0) is 11.3 Å². The van der Waals surface area contributed by atoms with E-state index in [1.165, 1.54) is 32.1 Å². The van der Waals surface area contributed by atoms with Gasteiger partial charge in [0.25, 0.3) is 5.91 Å². The zero-order valence-corrected chi connectivity index (χ0v) is 22.0. The van der Waals surface area contributed by atoms with Gasteiger partial charge in [0.05, 0.1) is 24.1 Å². The lowest BCUT2D eigenvalue weighted by Gasteiger charge is -2.21. The molecule has 3 aromatic rings. The number of nitrogens with zero attached hydrogens (tertiary/aromatic N) is 2. The second kappa shape index (κ2) is 12.4. The minimum absolute atomic E-state index is 0.00987. The van der Waals surface area contributed by atoms with Gasteiger partial charge in [-0.15, -0.1) is 11.3 Å². The number of rotatable bonds is 11. The van der Waals surface area contributed by atoms with E-state index in [-0.39, 0.29) is 5.91 Å². The largest absolute Gasteiger partial charge is 0.497 e. The summed E-state index contributed by atoms with van der Waals surface area (Å²) in [6, 6.07) is 9.95. The number of hydrogen-bond acceptors (Lipinski definition) is 5. The fourth-order valence-corrected chi connectivity index (χ4v) is 5.78. The second-order valence-corrected chi connectivity index (χ2v) is 10.2. The van der Waals surface area contributed by atoms with Crippen LogP contribution in [0, 0.1) is 12.8 Å². The van der Waals surface area contributed by atoms with Gasteiger partial charge >= 0.3 is 0 Å². The quantitative estimate of drug-likeness (QED) is 0.316. The molecule has 1 fully saturated rings. The Morgan fingerprint density at radius 2 is 1.94 bits per heavy atom. The second-order valence-electron chi connectivity index (χ2n) is 9.34. The van der Waals surface area contributed by atoms with E-state index in [9.17, 15) is 4.79 Å². The fourth-order valence-electron chi connectivity index (χ4n) is 4.96. The molecule has 1 amide bonds. The van der Waals surface area contributed by atoms with E-state index in [2.05, 4.69) is 15.3 Å². The summed E-state index contributed by atoms with van der Waals surface area (Å²) >= 11 is 1.61. The maximum atomic E-state index is 13.1. The molecule has 0 saturated heterocycles. The Morgan fingerprint density at radius 3 is 2.66 bits per heavy atom.